The Morgan fingerprint density at radius 2 is 1.93 bits per heavy atom. The van der Waals surface area contributed by atoms with Gasteiger partial charge in [0.1, 0.15) is 34.6 Å². The smallest absolute Gasteiger partial charge is 0.150 e. The van der Waals surface area contributed by atoms with Crippen LogP contribution in [0.15, 0.2) is 59.8 Å². The van der Waals surface area contributed by atoms with E-state index in [0.29, 0.717) is 5.82 Å². The number of rotatable bonds is 4. The van der Waals surface area contributed by atoms with E-state index in [1.807, 2.05) is 43.3 Å². The molecule has 1 aliphatic rings. The minimum atomic E-state index is -0.190. The molecule has 0 amide bonds. The van der Waals surface area contributed by atoms with Crippen LogP contribution >= 0.6 is 11.9 Å². The van der Waals surface area contributed by atoms with Crippen LogP contribution in [-0.2, 0) is 0 Å². The highest BCUT2D eigenvalue weighted by Crippen LogP contribution is 2.39. The second-order valence-corrected chi connectivity index (χ2v) is 6.93. The van der Waals surface area contributed by atoms with Gasteiger partial charge in [-0.1, -0.05) is 18.2 Å². The van der Waals surface area contributed by atoms with Gasteiger partial charge >= 0.3 is 0 Å². The zero-order valence-electron chi connectivity index (χ0n) is 14.9. The van der Waals surface area contributed by atoms with E-state index in [0.717, 1.165) is 22.1 Å². The second kappa shape index (κ2) is 7.54. The maximum atomic E-state index is 9.39. The zero-order chi connectivity index (χ0) is 19.5. The number of nitrogens with one attached hydrogen (secondary N) is 1. The molecule has 1 aromatic carbocycles. The molecule has 28 heavy (non-hydrogen) atoms. The molecule has 1 aliphatic heterocycles. The largest absolute Gasteiger partial charge is 0.382 e. The molecule has 3 N–H and O–H groups in total. The third-order valence-electron chi connectivity index (χ3n) is 4.16. The van der Waals surface area contributed by atoms with Crippen molar-refractivity contribution in [1.29, 1.82) is 5.26 Å². The van der Waals surface area contributed by atoms with Gasteiger partial charge in [0.25, 0.3) is 0 Å². The monoisotopic (exact) mass is 388 g/mol. The van der Waals surface area contributed by atoms with E-state index in [1.54, 1.807) is 12.4 Å². The Kier molecular flexibility index (Phi) is 4.78. The van der Waals surface area contributed by atoms with Gasteiger partial charge in [0.05, 0.1) is 23.1 Å². The highest BCUT2D eigenvalue weighted by Gasteiger charge is 2.27. The van der Waals surface area contributed by atoms with Crippen molar-refractivity contribution in [2.45, 2.75) is 18.0 Å². The normalized spacial score (nSPS) is 13.9. The number of hydrogen-bond donors (Lipinski definition) is 2. The van der Waals surface area contributed by atoms with Gasteiger partial charge in [-0.25, -0.2) is 15.0 Å². The van der Waals surface area contributed by atoms with Crippen LogP contribution in [0.3, 0.4) is 0 Å². The fraction of sp³-hybridized carbons (Fsp3) is 0.105. The standard InChI is InChI=1S/C19H16N8S/c1-12(26-18-14(10-20)17(21)24-11-25-18)16-9-15-19(23-8-7-22-15)28-27(16)13-5-3-2-4-6-13/h2-9,11-12H,1H3,(H3,21,24,25,26). The van der Waals surface area contributed by atoms with Gasteiger partial charge in [-0.2, -0.15) is 5.26 Å². The molecule has 0 bridgehead atoms. The number of anilines is 3. The molecule has 3 aromatic rings. The number of nitrogens with two attached hydrogens (primary N) is 1. The van der Waals surface area contributed by atoms with Gasteiger partial charge in [-0.3, -0.25) is 9.29 Å². The summed E-state index contributed by atoms with van der Waals surface area (Å²) in [5.74, 6) is 0.543. The van der Waals surface area contributed by atoms with Crippen LogP contribution in [-0.4, -0.2) is 26.0 Å². The van der Waals surface area contributed by atoms with Crippen molar-refractivity contribution >= 4 is 35.3 Å². The minimum absolute atomic E-state index is 0.148. The van der Waals surface area contributed by atoms with Crippen LogP contribution in [0.4, 0.5) is 17.3 Å². The van der Waals surface area contributed by atoms with Gasteiger partial charge in [-0.05, 0) is 25.1 Å². The van der Waals surface area contributed by atoms with E-state index in [9.17, 15) is 5.26 Å². The molecular weight excluding hydrogens is 372 g/mol. The van der Waals surface area contributed by atoms with E-state index >= 15 is 0 Å². The Hall–Kier alpha value is -3.64. The summed E-state index contributed by atoms with van der Waals surface area (Å²) >= 11 is 1.50. The zero-order valence-corrected chi connectivity index (χ0v) is 15.8. The Labute approximate surface area is 166 Å². The summed E-state index contributed by atoms with van der Waals surface area (Å²) < 4.78 is 2.09. The van der Waals surface area contributed by atoms with E-state index in [4.69, 9.17) is 5.73 Å². The number of hydrogen-bond acceptors (Lipinski definition) is 9. The van der Waals surface area contributed by atoms with Gasteiger partial charge in [0.15, 0.2) is 0 Å². The second-order valence-electron chi connectivity index (χ2n) is 6.00. The molecule has 4 rings (SSSR count). The van der Waals surface area contributed by atoms with Crippen LogP contribution in [0.2, 0.25) is 0 Å². The number of nitrogen functional groups attached to an aromatic ring is 1. The molecule has 0 saturated carbocycles. The fourth-order valence-electron chi connectivity index (χ4n) is 2.81. The number of nitriles is 1. The number of nitrogens with zero attached hydrogens (tertiary/aromatic N) is 6. The van der Waals surface area contributed by atoms with E-state index in [1.165, 1.54) is 18.3 Å². The highest BCUT2D eigenvalue weighted by molar-refractivity contribution is 8.00. The number of fused-ring (bicyclic) bond motifs is 1. The maximum Gasteiger partial charge on any atom is 0.150 e. The van der Waals surface area contributed by atoms with Gasteiger partial charge in [0, 0.05) is 24.3 Å². The highest BCUT2D eigenvalue weighted by atomic mass is 32.2. The molecule has 1 unspecified atom stereocenters. The molecule has 0 spiro atoms. The molecule has 2 aromatic heterocycles. The lowest BCUT2D eigenvalue weighted by atomic mass is 10.1. The van der Waals surface area contributed by atoms with Crippen LogP contribution in [0.25, 0.3) is 6.08 Å². The molecule has 138 valence electrons. The lowest BCUT2D eigenvalue weighted by molar-refractivity contribution is 0.888. The summed E-state index contributed by atoms with van der Waals surface area (Å²) in [5, 5.41) is 13.5. The first-order valence-electron chi connectivity index (χ1n) is 8.50. The minimum Gasteiger partial charge on any atom is -0.382 e. The lowest BCUT2D eigenvalue weighted by Crippen LogP contribution is -2.31. The topological polar surface area (TPSA) is 117 Å². The Morgan fingerprint density at radius 3 is 2.71 bits per heavy atom. The first-order chi connectivity index (χ1) is 13.7. The summed E-state index contributed by atoms with van der Waals surface area (Å²) in [4.78, 5) is 16.9. The number of aromatic nitrogens is 4. The quantitative estimate of drug-likeness (QED) is 0.650. The third kappa shape index (κ3) is 3.33. The van der Waals surface area contributed by atoms with Crippen molar-refractivity contribution in [2.24, 2.45) is 0 Å². The first kappa shape index (κ1) is 17.8. The number of para-hydroxylation sites is 1. The van der Waals surface area contributed by atoms with Crippen LogP contribution in [0.1, 0.15) is 18.2 Å². The van der Waals surface area contributed by atoms with Crippen LogP contribution < -0.4 is 15.4 Å². The molecular formula is C19H16N8S. The van der Waals surface area contributed by atoms with Crippen molar-refractivity contribution in [1.82, 2.24) is 19.9 Å². The molecule has 0 aliphatic carbocycles. The van der Waals surface area contributed by atoms with Gasteiger partial charge < -0.3 is 11.1 Å². The molecule has 1 atom stereocenters. The molecule has 0 fully saturated rings. The summed E-state index contributed by atoms with van der Waals surface area (Å²) in [6.45, 7) is 1.99. The van der Waals surface area contributed by atoms with Crippen molar-refractivity contribution in [2.75, 3.05) is 15.4 Å². The summed E-state index contributed by atoms with van der Waals surface area (Å²) in [7, 11) is 0. The van der Waals surface area contributed by atoms with E-state index in [-0.39, 0.29) is 17.4 Å². The van der Waals surface area contributed by atoms with E-state index in [2.05, 4.69) is 35.6 Å². The average molecular weight is 388 g/mol. The molecule has 9 heteroatoms. The molecule has 0 saturated heterocycles. The average Bonchev–Trinajstić information content (AvgIpc) is 2.73. The first-order valence-corrected chi connectivity index (χ1v) is 9.27. The van der Waals surface area contributed by atoms with Crippen LogP contribution in [0.5, 0.6) is 0 Å². The van der Waals surface area contributed by atoms with Crippen molar-refractivity contribution < 1.29 is 0 Å². The lowest BCUT2D eigenvalue weighted by Gasteiger charge is -2.33. The summed E-state index contributed by atoms with van der Waals surface area (Å²) in [6.07, 6.45) is 6.67. The maximum absolute atomic E-state index is 9.39. The molecule has 3 heterocycles. The third-order valence-corrected chi connectivity index (χ3v) is 5.26. The van der Waals surface area contributed by atoms with Crippen molar-refractivity contribution in [3.63, 3.8) is 0 Å². The molecule has 8 nitrogen and oxygen atoms in total. The molecule has 0 radical (unpaired) electrons. The fourth-order valence-corrected chi connectivity index (χ4v) is 3.84. The Morgan fingerprint density at radius 1 is 1.14 bits per heavy atom. The Balaban J connectivity index is 1.73. The van der Waals surface area contributed by atoms with Crippen LogP contribution in [0, 0.1) is 11.3 Å². The summed E-state index contributed by atoms with van der Waals surface area (Å²) in [6, 6.07) is 11.9. The van der Waals surface area contributed by atoms with Gasteiger partial charge in [-0.15, -0.1) is 0 Å². The van der Waals surface area contributed by atoms with Gasteiger partial charge in [0.2, 0.25) is 0 Å². The summed E-state index contributed by atoms with van der Waals surface area (Å²) in [5.41, 5.74) is 8.79. The predicted molar refractivity (Wildman–Crippen MR) is 109 cm³/mol. The Bertz CT molecular complexity index is 1080. The number of benzene rings is 1. The predicted octanol–water partition coefficient (Wildman–Crippen LogP) is 3.09. The SMILES string of the molecule is CC(Nc1ncnc(N)c1C#N)C1=Cc2nccnc2SN1c1ccccc1. The van der Waals surface area contributed by atoms with E-state index < -0.39 is 0 Å². The van der Waals surface area contributed by atoms with Crippen molar-refractivity contribution in [3.8, 4) is 6.07 Å². The van der Waals surface area contributed by atoms with Crippen molar-refractivity contribution in [3.05, 3.63) is 66.0 Å².